The third-order valence-corrected chi connectivity index (χ3v) is 3.54. The molecule has 0 heterocycles. The highest BCUT2D eigenvalue weighted by atomic mass is 35.5. The van der Waals surface area contributed by atoms with E-state index in [0.29, 0.717) is 19.8 Å². The number of hydrogen-bond acceptors (Lipinski definition) is 3. The van der Waals surface area contributed by atoms with Gasteiger partial charge in [-0.25, -0.2) is 0 Å². The molecule has 0 radical (unpaired) electrons. The van der Waals surface area contributed by atoms with Crippen LogP contribution in [0.5, 0.6) is 0 Å². The van der Waals surface area contributed by atoms with Crippen LogP contribution in [0.1, 0.15) is 44.6 Å². The number of hydrogen-bond donors (Lipinski definition) is 0. The molecule has 3 nitrogen and oxygen atoms in total. The molecule has 22 heavy (non-hydrogen) atoms. The summed E-state index contributed by atoms with van der Waals surface area (Å²) in [5, 5.41) is 0. The first-order valence-electron chi connectivity index (χ1n) is 8.23. The van der Waals surface area contributed by atoms with Gasteiger partial charge in [-0.2, -0.15) is 0 Å². The standard InChI is InChI=1S/C18H29ClO3/c1-2-3-4-5-9-12-20-14-18(22-16-19)15-21-13-17-10-7-6-8-11-17/h6-8,10-11,18H,2-5,9,12-16H2,1H3. The molecule has 1 rings (SSSR count). The van der Waals surface area contributed by atoms with Gasteiger partial charge in [-0.1, -0.05) is 74.5 Å². The van der Waals surface area contributed by atoms with Crippen LogP contribution in [0.4, 0.5) is 0 Å². The smallest absolute Gasteiger partial charge is 0.121 e. The van der Waals surface area contributed by atoms with Gasteiger partial charge in [0, 0.05) is 6.61 Å². The van der Waals surface area contributed by atoms with Gasteiger partial charge in [0.2, 0.25) is 0 Å². The van der Waals surface area contributed by atoms with Crippen molar-refractivity contribution in [2.75, 3.05) is 25.9 Å². The molecule has 4 heteroatoms. The van der Waals surface area contributed by atoms with Gasteiger partial charge in [-0.3, -0.25) is 0 Å². The van der Waals surface area contributed by atoms with E-state index in [9.17, 15) is 0 Å². The predicted molar refractivity (Wildman–Crippen MR) is 91.3 cm³/mol. The molecule has 1 aromatic rings. The Morgan fingerprint density at radius 1 is 0.955 bits per heavy atom. The van der Waals surface area contributed by atoms with E-state index in [1.807, 2.05) is 30.3 Å². The van der Waals surface area contributed by atoms with Crippen LogP contribution in [0, 0.1) is 0 Å². The van der Waals surface area contributed by atoms with Crippen LogP contribution in [0.15, 0.2) is 30.3 Å². The summed E-state index contributed by atoms with van der Waals surface area (Å²) in [6, 6.07) is 10.3. The van der Waals surface area contributed by atoms with Crippen molar-refractivity contribution in [1.29, 1.82) is 0 Å². The average molecular weight is 329 g/mol. The van der Waals surface area contributed by atoms with Crippen LogP contribution in [-0.4, -0.2) is 32.0 Å². The molecule has 0 saturated heterocycles. The Labute approximate surface area is 139 Å². The van der Waals surface area contributed by atoms with E-state index < -0.39 is 0 Å². The third-order valence-electron chi connectivity index (χ3n) is 3.41. The maximum atomic E-state index is 5.68. The number of rotatable bonds is 14. The average Bonchev–Trinajstić information content (AvgIpc) is 2.55. The fraction of sp³-hybridized carbons (Fsp3) is 0.667. The normalized spacial score (nSPS) is 12.5. The highest BCUT2D eigenvalue weighted by molar-refractivity contribution is 6.17. The van der Waals surface area contributed by atoms with Gasteiger partial charge in [0.1, 0.15) is 12.2 Å². The summed E-state index contributed by atoms with van der Waals surface area (Å²) in [6.07, 6.45) is 6.12. The predicted octanol–water partition coefficient (Wildman–Crippen LogP) is 4.77. The Kier molecular flexibility index (Phi) is 12.4. The van der Waals surface area contributed by atoms with Crippen LogP contribution >= 0.6 is 11.6 Å². The molecule has 0 amide bonds. The molecule has 1 atom stereocenters. The molecule has 0 aliphatic rings. The SMILES string of the molecule is CCCCCCCOCC(COCc1ccccc1)OCCl. The minimum Gasteiger partial charge on any atom is -0.379 e. The monoisotopic (exact) mass is 328 g/mol. The Morgan fingerprint density at radius 2 is 1.68 bits per heavy atom. The molecule has 0 fully saturated rings. The van der Waals surface area contributed by atoms with Crippen molar-refractivity contribution in [1.82, 2.24) is 0 Å². The summed E-state index contributed by atoms with van der Waals surface area (Å²) in [6.45, 7) is 4.62. The fourth-order valence-electron chi connectivity index (χ4n) is 2.14. The van der Waals surface area contributed by atoms with E-state index in [2.05, 4.69) is 6.92 Å². The second-order valence-electron chi connectivity index (χ2n) is 5.39. The number of alkyl halides is 1. The zero-order valence-electron chi connectivity index (χ0n) is 13.6. The lowest BCUT2D eigenvalue weighted by Gasteiger charge is -2.17. The van der Waals surface area contributed by atoms with Gasteiger partial charge in [0.05, 0.1) is 19.8 Å². The van der Waals surface area contributed by atoms with Crippen LogP contribution in [0.25, 0.3) is 0 Å². The first-order valence-corrected chi connectivity index (χ1v) is 8.77. The van der Waals surface area contributed by atoms with Gasteiger partial charge >= 0.3 is 0 Å². The molecule has 126 valence electrons. The van der Waals surface area contributed by atoms with E-state index in [1.54, 1.807) is 0 Å². The number of unbranched alkanes of at least 4 members (excludes halogenated alkanes) is 4. The zero-order chi connectivity index (χ0) is 15.9. The highest BCUT2D eigenvalue weighted by Gasteiger charge is 2.09. The molecule has 1 aromatic carbocycles. The maximum absolute atomic E-state index is 5.68. The molecular weight excluding hydrogens is 300 g/mol. The molecule has 0 aliphatic carbocycles. The maximum Gasteiger partial charge on any atom is 0.121 e. The molecule has 0 saturated carbocycles. The summed E-state index contributed by atoms with van der Waals surface area (Å²) in [7, 11) is 0. The molecule has 0 N–H and O–H groups in total. The van der Waals surface area contributed by atoms with Crippen LogP contribution in [0.3, 0.4) is 0 Å². The van der Waals surface area contributed by atoms with Crippen molar-refractivity contribution in [3.8, 4) is 0 Å². The molecule has 1 unspecified atom stereocenters. The Morgan fingerprint density at radius 3 is 2.41 bits per heavy atom. The van der Waals surface area contributed by atoms with E-state index in [-0.39, 0.29) is 12.2 Å². The molecule has 0 aromatic heterocycles. The van der Waals surface area contributed by atoms with Crippen molar-refractivity contribution >= 4 is 11.6 Å². The number of ether oxygens (including phenoxy) is 3. The van der Waals surface area contributed by atoms with Gasteiger partial charge < -0.3 is 14.2 Å². The topological polar surface area (TPSA) is 27.7 Å². The summed E-state index contributed by atoms with van der Waals surface area (Å²) in [5.41, 5.74) is 1.16. The summed E-state index contributed by atoms with van der Waals surface area (Å²) >= 11 is 5.66. The van der Waals surface area contributed by atoms with E-state index in [1.165, 1.54) is 25.7 Å². The van der Waals surface area contributed by atoms with Crippen molar-refractivity contribution in [2.24, 2.45) is 0 Å². The van der Waals surface area contributed by atoms with Crippen LogP contribution < -0.4 is 0 Å². The van der Waals surface area contributed by atoms with Crippen molar-refractivity contribution < 1.29 is 14.2 Å². The van der Waals surface area contributed by atoms with E-state index in [0.717, 1.165) is 18.6 Å². The first kappa shape index (κ1) is 19.4. The summed E-state index contributed by atoms with van der Waals surface area (Å²) in [4.78, 5) is 0. The second-order valence-corrected chi connectivity index (χ2v) is 5.61. The largest absolute Gasteiger partial charge is 0.379 e. The molecule has 0 spiro atoms. The van der Waals surface area contributed by atoms with Gasteiger partial charge in [-0.05, 0) is 12.0 Å². The van der Waals surface area contributed by atoms with Gasteiger partial charge in [0.15, 0.2) is 0 Å². The van der Waals surface area contributed by atoms with Crippen LogP contribution in [-0.2, 0) is 20.8 Å². The van der Waals surface area contributed by atoms with Crippen molar-refractivity contribution in [3.63, 3.8) is 0 Å². The molecule has 0 bridgehead atoms. The number of halogens is 1. The van der Waals surface area contributed by atoms with E-state index in [4.69, 9.17) is 25.8 Å². The zero-order valence-corrected chi connectivity index (χ0v) is 14.4. The molecule has 0 aliphatic heterocycles. The quantitative estimate of drug-likeness (QED) is 0.363. The van der Waals surface area contributed by atoms with Crippen molar-refractivity contribution in [3.05, 3.63) is 35.9 Å². The van der Waals surface area contributed by atoms with Gasteiger partial charge in [0.25, 0.3) is 0 Å². The lowest BCUT2D eigenvalue weighted by Crippen LogP contribution is -2.25. The lowest BCUT2D eigenvalue weighted by atomic mass is 10.2. The third kappa shape index (κ3) is 10.2. The highest BCUT2D eigenvalue weighted by Crippen LogP contribution is 2.05. The summed E-state index contributed by atoms with van der Waals surface area (Å²) < 4.78 is 16.8. The minimum absolute atomic E-state index is 0.100. The Bertz CT molecular complexity index is 345. The molecular formula is C18H29ClO3. The fourth-order valence-corrected chi connectivity index (χ4v) is 2.32. The van der Waals surface area contributed by atoms with Crippen molar-refractivity contribution in [2.45, 2.75) is 51.7 Å². The van der Waals surface area contributed by atoms with Gasteiger partial charge in [-0.15, -0.1) is 0 Å². The van der Waals surface area contributed by atoms with Crippen LogP contribution in [0.2, 0.25) is 0 Å². The Hall–Kier alpha value is -0.610. The summed E-state index contributed by atoms with van der Waals surface area (Å²) in [5.74, 6) is 0. The second kappa shape index (κ2) is 14.0. The number of benzene rings is 1. The minimum atomic E-state index is -0.100. The lowest BCUT2D eigenvalue weighted by molar-refractivity contribution is -0.0509. The Balaban J connectivity index is 2.08. The van der Waals surface area contributed by atoms with E-state index >= 15 is 0 Å². The first-order chi connectivity index (χ1) is 10.9.